The molecule has 1 amide bonds. The summed E-state index contributed by atoms with van der Waals surface area (Å²) in [7, 11) is 0. The molecule has 0 aliphatic carbocycles. The van der Waals surface area contributed by atoms with Crippen LogP contribution >= 0.6 is 11.6 Å². The van der Waals surface area contributed by atoms with Gasteiger partial charge < -0.3 is 15.2 Å². The molecule has 3 aromatic carbocycles. The highest BCUT2D eigenvalue weighted by molar-refractivity contribution is 6.19. The highest BCUT2D eigenvalue weighted by Gasteiger charge is 2.36. The molecule has 1 heterocycles. The lowest BCUT2D eigenvalue weighted by atomic mass is 9.95. The number of anilines is 2. The van der Waals surface area contributed by atoms with E-state index in [1.54, 1.807) is 4.90 Å². The van der Waals surface area contributed by atoms with Crippen molar-refractivity contribution in [3.63, 3.8) is 0 Å². The minimum absolute atomic E-state index is 0.0280. The average Bonchev–Trinajstić information content (AvgIpc) is 3.11. The highest BCUT2D eigenvalue weighted by atomic mass is 35.5. The van der Waals surface area contributed by atoms with Gasteiger partial charge in [-0.25, -0.2) is 4.79 Å². The lowest BCUT2D eigenvalue weighted by molar-refractivity contribution is 0.0582. The van der Waals surface area contributed by atoms with E-state index in [1.807, 2.05) is 69.3 Å². The number of alkyl halides is 1. The molecular weight excluding hydrogens is 412 g/mol. The molecule has 31 heavy (non-hydrogen) atoms. The number of nitrogens with zero attached hydrogens (tertiary/aromatic N) is 1. The number of ether oxygens (including phenoxy) is 2. The number of hydrogen-bond donors (Lipinski definition) is 1. The Morgan fingerprint density at radius 3 is 2.45 bits per heavy atom. The molecule has 1 aliphatic heterocycles. The maximum Gasteiger partial charge on any atom is 0.414 e. The Kier molecular flexibility index (Phi) is 5.71. The molecule has 1 unspecified atom stereocenters. The number of hydrogen-bond acceptors (Lipinski definition) is 4. The van der Waals surface area contributed by atoms with Gasteiger partial charge in [0.2, 0.25) is 0 Å². The fraction of sp³-hybridized carbons (Fsp3) is 0.320. The van der Waals surface area contributed by atoms with Gasteiger partial charge in [-0.3, -0.25) is 4.90 Å². The van der Waals surface area contributed by atoms with Crippen molar-refractivity contribution in [2.45, 2.75) is 38.9 Å². The SMILES string of the molecule is CC(C)(C)OC(=O)N1CC(CCl)c2c1cc(OCc1ccc(N)cc1)c1ccccc21. The van der Waals surface area contributed by atoms with Crippen molar-refractivity contribution in [1.82, 2.24) is 0 Å². The molecule has 1 aliphatic rings. The van der Waals surface area contributed by atoms with Gasteiger partial charge in [-0.05, 0) is 49.4 Å². The van der Waals surface area contributed by atoms with Crippen LogP contribution in [0.5, 0.6) is 5.75 Å². The first-order chi connectivity index (χ1) is 14.8. The Hall–Kier alpha value is -2.92. The summed E-state index contributed by atoms with van der Waals surface area (Å²) in [6.45, 7) is 6.47. The number of benzene rings is 3. The minimum atomic E-state index is -0.582. The van der Waals surface area contributed by atoms with Gasteiger partial charge in [-0.1, -0.05) is 36.4 Å². The van der Waals surface area contributed by atoms with Crippen LogP contribution in [0.25, 0.3) is 10.8 Å². The number of fused-ring (bicyclic) bond motifs is 3. The molecule has 0 spiro atoms. The van der Waals surface area contributed by atoms with Crippen LogP contribution in [0.3, 0.4) is 0 Å². The average molecular weight is 439 g/mol. The van der Waals surface area contributed by atoms with Crippen molar-refractivity contribution in [1.29, 1.82) is 0 Å². The van der Waals surface area contributed by atoms with E-state index in [0.29, 0.717) is 24.7 Å². The summed E-state index contributed by atoms with van der Waals surface area (Å²) in [4.78, 5) is 14.6. The molecule has 162 valence electrons. The Morgan fingerprint density at radius 1 is 1.13 bits per heavy atom. The number of nitrogens with two attached hydrogens (primary N) is 1. The first-order valence-corrected chi connectivity index (χ1v) is 10.9. The van der Waals surface area contributed by atoms with Gasteiger partial charge in [0.1, 0.15) is 18.0 Å². The lowest BCUT2D eigenvalue weighted by Gasteiger charge is -2.25. The number of carbonyl (C=O) groups is 1. The van der Waals surface area contributed by atoms with Crippen LogP contribution in [0.1, 0.15) is 37.8 Å². The fourth-order valence-corrected chi connectivity index (χ4v) is 4.18. The van der Waals surface area contributed by atoms with Gasteiger partial charge in [0.25, 0.3) is 0 Å². The predicted molar refractivity (Wildman–Crippen MR) is 126 cm³/mol. The van der Waals surface area contributed by atoms with Crippen LogP contribution in [0.15, 0.2) is 54.6 Å². The Bertz CT molecular complexity index is 1110. The quantitative estimate of drug-likeness (QED) is 0.396. The summed E-state index contributed by atoms with van der Waals surface area (Å²) in [5.74, 6) is 1.16. The third kappa shape index (κ3) is 4.42. The van der Waals surface area contributed by atoms with Crippen molar-refractivity contribution >= 4 is 39.8 Å². The fourth-order valence-electron chi connectivity index (χ4n) is 3.92. The zero-order valence-corrected chi connectivity index (χ0v) is 18.8. The second kappa shape index (κ2) is 8.31. The third-order valence-corrected chi connectivity index (χ3v) is 5.68. The molecule has 3 aromatic rings. The summed E-state index contributed by atoms with van der Waals surface area (Å²) in [6, 6.07) is 17.6. The van der Waals surface area contributed by atoms with E-state index in [2.05, 4.69) is 6.07 Å². The normalized spacial score (nSPS) is 15.7. The summed E-state index contributed by atoms with van der Waals surface area (Å²) < 4.78 is 11.9. The van der Waals surface area contributed by atoms with E-state index < -0.39 is 5.60 Å². The molecule has 0 saturated carbocycles. The van der Waals surface area contributed by atoms with E-state index in [9.17, 15) is 4.79 Å². The van der Waals surface area contributed by atoms with Crippen molar-refractivity contribution < 1.29 is 14.3 Å². The van der Waals surface area contributed by atoms with Crippen LogP contribution in [0.2, 0.25) is 0 Å². The summed E-state index contributed by atoms with van der Waals surface area (Å²) >= 11 is 6.31. The minimum Gasteiger partial charge on any atom is -0.488 e. The molecule has 4 rings (SSSR count). The van der Waals surface area contributed by atoms with E-state index in [0.717, 1.165) is 33.3 Å². The van der Waals surface area contributed by atoms with Crippen molar-refractivity contribution in [2.24, 2.45) is 0 Å². The third-order valence-electron chi connectivity index (χ3n) is 5.30. The van der Waals surface area contributed by atoms with Crippen LogP contribution in [0.4, 0.5) is 16.2 Å². The van der Waals surface area contributed by atoms with Crippen LogP contribution in [0, 0.1) is 0 Å². The smallest absolute Gasteiger partial charge is 0.414 e. The Balaban J connectivity index is 1.75. The van der Waals surface area contributed by atoms with E-state index in [-0.39, 0.29) is 12.0 Å². The molecule has 0 fully saturated rings. The maximum absolute atomic E-state index is 13.0. The second-order valence-electron chi connectivity index (χ2n) is 8.83. The van der Waals surface area contributed by atoms with Gasteiger partial charge in [0.15, 0.2) is 0 Å². The molecule has 0 aromatic heterocycles. The zero-order valence-electron chi connectivity index (χ0n) is 18.0. The topological polar surface area (TPSA) is 64.8 Å². The lowest BCUT2D eigenvalue weighted by Crippen LogP contribution is -2.36. The zero-order chi connectivity index (χ0) is 22.2. The molecule has 0 saturated heterocycles. The first-order valence-electron chi connectivity index (χ1n) is 10.4. The van der Waals surface area contributed by atoms with E-state index >= 15 is 0 Å². The molecule has 2 N–H and O–H groups in total. The summed E-state index contributed by atoms with van der Waals surface area (Å²) in [6.07, 6.45) is -0.374. The van der Waals surface area contributed by atoms with Crippen LogP contribution in [-0.2, 0) is 11.3 Å². The number of carbonyl (C=O) groups excluding carboxylic acids is 1. The molecule has 5 nitrogen and oxygen atoms in total. The van der Waals surface area contributed by atoms with Crippen molar-refractivity contribution in [3.8, 4) is 5.75 Å². The van der Waals surface area contributed by atoms with Crippen molar-refractivity contribution in [3.05, 3.63) is 65.7 Å². The number of halogens is 1. The largest absolute Gasteiger partial charge is 0.488 e. The summed E-state index contributed by atoms with van der Waals surface area (Å²) in [5.41, 5.74) is 8.79. The maximum atomic E-state index is 13.0. The first kappa shape index (κ1) is 21.3. The number of nitrogen functional groups attached to an aromatic ring is 1. The molecule has 0 radical (unpaired) electrons. The molecular formula is C25H27ClN2O3. The number of amides is 1. The van der Waals surface area contributed by atoms with Crippen LogP contribution in [-0.4, -0.2) is 24.1 Å². The van der Waals surface area contributed by atoms with Gasteiger partial charge in [-0.15, -0.1) is 11.6 Å². The van der Waals surface area contributed by atoms with Gasteiger partial charge in [0.05, 0.1) is 5.69 Å². The summed E-state index contributed by atoms with van der Waals surface area (Å²) in [5, 5.41) is 2.04. The highest BCUT2D eigenvalue weighted by Crippen LogP contribution is 2.46. The van der Waals surface area contributed by atoms with Crippen LogP contribution < -0.4 is 15.4 Å². The molecule has 6 heteroatoms. The van der Waals surface area contributed by atoms with E-state index in [4.69, 9.17) is 26.8 Å². The molecule has 0 bridgehead atoms. The number of rotatable bonds is 4. The predicted octanol–water partition coefficient (Wildman–Crippen LogP) is 6.08. The Labute approximate surface area is 187 Å². The monoisotopic (exact) mass is 438 g/mol. The standard InChI is InChI=1S/C25H27ClN2O3/c1-25(2,3)31-24(29)28-14-17(13-26)23-20-7-5-4-6-19(20)22(12-21(23)28)30-15-16-8-10-18(27)11-9-16/h4-12,17H,13-15,27H2,1-3H3. The van der Waals surface area contributed by atoms with Gasteiger partial charge >= 0.3 is 6.09 Å². The second-order valence-corrected chi connectivity index (χ2v) is 9.13. The van der Waals surface area contributed by atoms with Crippen molar-refractivity contribution in [2.75, 3.05) is 23.1 Å². The van der Waals surface area contributed by atoms with Gasteiger partial charge in [-0.2, -0.15) is 0 Å². The molecule has 1 atom stereocenters. The van der Waals surface area contributed by atoms with E-state index in [1.165, 1.54) is 0 Å². The van der Waals surface area contributed by atoms with Gasteiger partial charge in [0, 0.05) is 35.5 Å². The Morgan fingerprint density at radius 2 is 1.81 bits per heavy atom.